The van der Waals surface area contributed by atoms with Gasteiger partial charge >= 0.3 is 11.9 Å². The maximum Gasteiger partial charge on any atom is 0.326 e. The van der Waals surface area contributed by atoms with E-state index in [-0.39, 0.29) is 38.2 Å². The van der Waals surface area contributed by atoms with E-state index in [1.165, 1.54) is 6.92 Å². The first-order valence-corrected chi connectivity index (χ1v) is 13.2. The predicted octanol–water partition coefficient (Wildman–Crippen LogP) is -2.12. The Bertz CT molecular complexity index is 1290. The molecular formula is C26H38N8O8. The highest BCUT2D eigenvalue weighted by Crippen LogP contribution is 2.19. The number of aromatic nitrogens is 1. The quantitative estimate of drug-likeness (QED) is 0.0539. The number of guanidine groups is 1. The molecule has 230 valence electrons. The van der Waals surface area contributed by atoms with Crippen molar-refractivity contribution in [3.8, 4) is 0 Å². The van der Waals surface area contributed by atoms with Gasteiger partial charge in [0.1, 0.15) is 24.2 Å². The third-order valence-electron chi connectivity index (χ3n) is 6.39. The van der Waals surface area contributed by atoms with Crippen LogP contribution in [0.5, 0.6) is 0 Å². The van der Waals surface area contributed by atoms with Crippen LogP contribution in [0, 0.1) is 0 Å². The number of nitrogens with two attached hydrogens (primary N) is 3. The predicted molar refractivity (Wildman–Crippen MR) is 152 cm³/mol. The molecular weight excluding hydrogens is 552 g/mol. The van der Waals surface area contributed by atoms with Gasteiger partial charge in [-0.25, -0.2) is 4.79 Å². The van der Waals surface area contributed by atoms with Gasteiger partial charge in [0.05, 0.1) is 6.10 Å². The number of carboxylic acid groups (broad SMARTS) is 2. The molecule has 2 rings (SSSR count). The summed E-state index contributed by atoms with van der Waals surface area (Å²) < 4.78 is 0. The molecule has 0 radical (unpaired) electrons. The SMILES string of the molecule is CC(O)C(N)C(=O)NC(CCCN=C(N)N)C(=O)NC(CCC(=O)O)C(=O)NC(Cc1c[nH]c2ccccc12)C(=O)O. The fraction of sp³-hybridized carbons (Fsp3) is 0.462. The Hall–Kier alpha value is -4.70. The van der Waals surface area contributed by atoms with Crippen LogP contribution >= 0.6 is 0 Å². The first-order valence-electron chi connectivity index (χ1n) is 13.2. The van der Waals surface area contributed by atoms with Crippen molar-refractivity contribution < 1.29 is 39.3 Å². The van der Waals surface area contributed by atoms with Crippen molar-refractivity contribution in [2.45, 2.75) is 69.3 Å². The minimum Gasteiger partial charge on any atom is -0.481 e. The lowest BCUT2D eigenvalue weighted by atomic mass is 10.0. The minimum absolute atomic E-state index is 0.00747. The topological polar surface area (TPSA) is 288 Å². The van der Waals surface area contributed by atoms with Crippen molar-refractivity contribution in [3.05, 3.63) is 36.0 Å². The van der Waals surface area contributed by atoms with E-state index in [9.17, 15) is 39.3 Å². The van der Waals surface area contributed by atoms with E-state index < -0.39 is 66.4 Å². The standard InChI is InChI=1S/C26H38N8O8/c1-13(35)21(27)24(40)33-17(7-4-10-30-26(28)29)22(38)32-18(8-9-20(36)37)23(39)34-19(25(41)42)11-14-12-31-16-6-3-2-5-15(14)16/h2-3,5-6,12-13,17-19,21,31,35H,4,7-11,27H2,1H3,(H,32,38)(H,33,40)(H,34,39)(H,36,37)(H,41,42)(H4,28,29,30). The summed E-state index contributed by atoms with van der Waals surface area (Å²) in [5, 5.41) is 36.6. The average Bonchev–Trinajstić information content (AvgIpc) is 3.33. The van der Waals surface area contributed by atoms with Crippen LogP contribution in [0.2, 0.25) is 0 Å². The number of carbonyl (C=O) groups is 5. The molecule has 0 aliphatic carbocycles. The number of carboxylic acids is 2. The molecule has 42 heavy (non-hydrogen) atoms. The second-order valence-corrected chi connectivity index (χ2v) is 9.73. The first kappa shape index (κ1) is 33.5. The fourth-order valence-electron chi connectivity index (χ4n) is 4.06. The van der Waals surface area contributed by atoms with E-state index >= 15 is 0 Å². The number of aliphatic hydroxyl groups is 1. The van der Waals surface area contributed by atoms with E-state index in [2.05, 4.69) is 25.9 Å². The molecule has 3 amide bonds. The molecule has 1 aromatic carbocycles. The zero-order valence-corrected chi connectivity index (χ0v) is 23.1. The van der Waals surface area contributed by atoms with E-state index in [0.717, 1.165) is 10.9 Å². The number of benzene rings is 1. The molecule has 13 N–H and O–H groups in total. The summed E-state index contributed by atoms with van der Waals surface area (Å²) in [6.07, 6.45) is -0.365. The monoisotopic (exact) mass is 590 g/mol. The lowest BCUT2D eigenvalue weighted by Gasteiger charge is -2.25. The zero-order chi connectivity index (χ0) is 31.4. The number of aliphatic carboxylic acids is 2. The van der Waals surface area contributed by atoms with Crippen molar-refractivity contribution in [3.63, 3.8) is 0 Å². The van der Waals surface area contributed by atoms with Crippen LogP contribution < -0.4 is 33.2 Å². The molecule has 0 bridgehead atoms. The van der Waals surface area contributed by atoms with Crippen LogP contribution in [0.15, 0.2) is 35.5 Å². The third-order valence-corrected chi connectivity index (χ3v) is 6.39. The number of hydrogen-bond donors (Lipinski definition) is 10. The van der Waals surface area contributed by atoms with Crippen LogP contribution in [-0.4, -0.2) is 92.7 Å². The first-order chi connectivity index (χ1) is 19.8. The van der Waals surface area contributed by atoms with Gasteiger partial charge in [0.15, 0.2) is 5.96 Å². The van der Waals surface area contributed by atoms with E-state index in [1.54, 1.807) is 18.3 Å². The zero-order valence-electron chi connectivity index (χ0n) is 23.1. The molecule has 1 heterocycles. The van der Waals surface area contributed by atoms with E-state index in [4.69, 9.17) is 17.2 Å². The van der Waals surface area contributed by atoms with Crippen LogP contribution in [0.25, 0.3) is 10.9 Å². The Morgan fingerprint density at radius 2 is 1.52 bits per heavy atom. The summed E-state index contributed by atoms with van der Waals surface area (Å²) >= 11 is 0. The number of amides is 3. The average molecular weight is 591 g/mol. The van der Waals surface area contributed by atoms with Crippen molar-refractivity contribution in [1.29, 1.82) is 0 Å². The Morgan fingerprint density at radius 1 is 0.929 bits per heavy atom. The molecule has 0 aliphatic heterocycles. The molecule has 2 aromatic rings. The van der Waals surface area contributed by atoms with Crippen LogP contribution in [-0.2, 0) is 30.4 Å². The number of H-pyrrole nitrogens is 1. The number of aliphatic hydroxyl groups excluding tert-OH is 1. The normalized spacial score (nSPS) is 14.5. The summed E-state index contributed by atoms with van der Waals surface area (Å²) in [7, 11) is 0. The number of carbonyl (C=O) groups excluding carboxylic acids is 3. The van der Waals surface area contributed by atoms with Gasteiger partial charge in [0.2, 0.25) is 17.7 Å². The summed E-state index contributed by atoms with van der Waals surface area (Å²) in [4.78, 5) is 69.0. The van der Waals surface area contributed by atoms with Crippen molar-refractivity contribution in [2.24, 2.45) is 22.2 Å². The van der Waals surface area contributed by atoms with Crippen molar-refractivity contribution in [2.75, 3.05) is 6.54 Å². The molecule has 5 atom stereocenters. The van der Waals surface area contributed by atoms with Gasteiger partial charge in [-0.1, -0.05) is 18.2 Å². The van der Waals surface area contributed by atoms with Gasteiger partial charge in [-0.3, -0.25) is 24.2 Å². The highest BCUT2D eigenvalue weighted by Gasteiger charge is 2.31. The molecule has 0 aliphatic rings. The summed E-state index contributed by atoms with van der Waals surface area (Å²) in [6, 6.07) is 1.72. The second-order valence-electron chi connectivity index (χ2n) is 9.73. The van der Waals surface area contributed by atoms with Crippen LogP contribution in [0.1, 0.15) is 38.2 Å². The Morgan fingerprint density at radius 3 is 2.12 bits per heavy atom. The van der Waals surface area contributed by atoms with E-state index in [0.29, 0.717) is 5.56 Å². The highest BCUT2D eigenvalue weighted by atomic mass is 16.4. The Labute approximate surface area is 241 Å². The van der Waals surface area contributed by atoms with Gasteiger partial charge in [-0.15, -0.1) is 0 Å². The number of rotatable bonds is 17. The second kappa shape index (κ2) is 15.9. The lowest BCUT2D eigenvalue weighted by molar-refractivity contribution is -0.143. The van der Waals surface area contributed by atoms with Gasteiger partial charge in [0.25, 0.3) is 0 Å². The number of nitrogens with one attached hydrogen (secondary N) is 4. The molecule has 0 fully saturated rings. The number of nitrogens with zero attached hydrogens (tertiary/aromatic N) is 1. The van der Waals surface area contributed by atoms with Crippen molar-refractivity contribution >= 4 is 46.5 Å². The van der Waals surface area contributed by atoms with E-state index in [1.807, 2.05) is 12.1 Å². The maximum atomic E-state index is 13.2. The third kappa shape index (κ3) is 10.4. The number of fused-ring (bicyclic) bond motifs is 1. The fourth-order valence-corrected chi connectivity index (χ4v) is 4.06. The summed E-state index contributed by atoms with van der Waals surface area (Å²) in [6.45, 7) is 1.40. The van der Waals surface area contributed by atoms with Crippen LogP contribution in [0.4, 0.5) is 0 Å². The molecule has 0 saturated heterocycles. The Balaban J connectivity index is 2.22. The number of hydrogen-bond acceptors (Lipinski definition) is 8. The smallest absolute Gasteiger partial charge is 0.326 e. The Kier molecular flexibility index (Phi) is 12.7. The van der Waals surface area contributed by atoms with Gasteiger partial charge in [0, 0.05) is 36.5 Å². The summed E-state index contributed by atoms with van der Waals surface area (Å²) in [5.74, 6) is -5.40. The molecule has 5 unspecified atom stereocenters. The van der Waals surface area contributed by atoms with Crippen molar-refractivity contribution in [1.82, 2.24) is 20.9 Å². The number of aliphatic imine (C=N–C) groups is 1. The van der Waals surface area contributed by atoms with Gasteiger partial charge in [-0.05, 0) is 37.8 Å². The largest absolute Gasteiger partial charge is 0.481 e. The van der Waals surface area contributed by atoms with Gasteiger partial charge in [-0.2, -0.15) is 0 Å². The molecule has 0 saturated carbocycles. The lowest BCUT2D eigenvalue weighted by Crippen LogP contribution is -2.58. The molecule has 0 spiro atoms. The number of para-hydroxylation sites is 1. The highest BCUT2D eigenvalue weighted by molar-refractivity contribution is 5.94. The van der Waals surface area contributed by atoms with Gasteiger partial charge < -0.3 is 53.5 Å². The maximum absolute atomic E-state index is 13.2. The van der Waals surface area contributed by atoms with Crippen LogP contribution in [0.3, 0.4) is 0 Å². The molecule has 16 nitrogen and oxygen atoms in total. The number of aromatic amines is 1. The summed E-state index contributed by atoms with van der Waals surface area (Å²) in [5.41, 5.74) is 17.7. The minimum atomic E-state index is -1.46. The molecule has 1 aromatic heterocycles. The molecule has 16 heteroatoms.